The molecular weight excluding hydrogens is 492 g/mol. The first kappa shape index (κ1) is 26.3. The molecule has 0 spiro atoms. The Morgan fingerprint density at radius 2 is 1.92 bits per heavy atom. The second-order valence-corrected chi connectivity index (χ2v) is 10.0. The van der Waals surface area contributed by atoms with Gasteiger partial charge in [-0.05, 0) is 80.3 Å². The minimum atomic E-state index is -0.549. The summed E-state index contributed by atoms with van der Waals surface area (Å²) in [4.78, 5) is 32.4. The van der Waals surface area contributed by atoms with Gasteiger partial charge in [-0.2, -0.15) is 5.26 Å². The van der Waals surface area contributed by atoms with Crippen molar-refractivity contribution in [1.82, 2.24) is 20.5 Å². The molecule has 3 N–H and O–H groups in total. The third-order valence-corrected chi connectivity index (χ3v) is 7.29. The summed E-state index contributed by atoms with van der Waals surface area (Å²) in [6.45, 7) is 7.41. The molecule has 39 heavy (non-hydrogen) atoms. The minimum absolute atomic E-state index is 0.122. The molecular formula is C30H34N6O3. The number of H-pyrrole nitrogens is 1. The number of furan rings is 1. The molecule has 2 aromatic heterocycles. The van der Waals surface area contributed by atoms with E-state index in [1.54, 1.807) is 6.07 Å². The Kier molecular flexibility index (Phi) is 8.13. The number of urea groups is 1. The van der Waals surface area contributed by atoms with Gasteiger partial charge in [0.05, 0.1) is 11.6 Å². The zero-order valence-electron chi connectivity index (χ0n) is 22.3. The third kappa shape index (κ3) is 6.24. The number of nitriles is 1. The fraction of sp³-hybridized carbons (Fsp3) is 0.367. The molecule has 4 aromatic rings. The smallest absolute Gasteiger partial charge is 0.321 e. The lowest BCUT2D eigenvalue weighted by molar-refractivity contribution is 0.0939. The molecule has 0 bridgehead atoms. The Morgan fingerprint density at radius 1 is 1.08 bits per heavy atom. The van der Waals surface area contributed by atoms with E-state index >= 15 is 0 Å². The van der Waals surface area contributed by atoms with E-state index in [1.165, 1.54) is 5.56 Å². The van der Waals surface area contributed by atoms with Gasteiger partial charge in [-0.1, -0.05) is 6.92 Å². The lowest BCUT2D eigenvalue weighted by Gasteiger charge is -2.36. The van der Waals surface area contributed by atoms with Gasteiger partial charge in [0, 0.05) is 60.9 Å². The number of anilines is 1. The molecule has 3 heterocycles. The van der Waals surface area contributed by atoms with Crippen LogP contribution in [0.1, 0.15) is 47.9 Å². The molecule has 0 atom stereocenters. The maximum atomic E-state index is 12.4. The molecule has 3 amide bonds. The van der Waals surface area contributed by atoms with Crippen LogP contribution in [0.5, 0.6) is 0 Å². The number of fused-ring (bicyclic) bond motifs is 2. The first-order chi connectivity index (χ1) is 19.0. The number of aromatic amines is 1. The molecule has 1 aliphatic rings. The summed E-state index contributed by atoms with van der Waals surface area (Å²) in [5.41, 5.74) is 4.79. The Labute approximate surface area is 227 Å². The van der Waals surface area contributed by atoms with E-state index in [-0.39, 0.29) is 5.76 Å². The largest absolute Gasteiger partial charge is 0.451 e. The van der Waals surface area contributed by atoms with E-state index in [0.717, 1.165) is 80.4 Å². The van der Waals surface area contributed by atoms with Crippen molar-refractivity contribution < 1.29 is 14.0 Å². The number of benzene rings is 2. The Hall–Kier alpha value is -4.29. The number of nitrogens with one attached hydrogen (secondary N) is 3. The molecule has 0 saturated carbocycles. The lowest BCUT2D eigenvalue weighted by atomic mass is 10.1. The highest BCUT2D eigenvalue weighted by atomic mass is 16.3. The number of aromatic nitrogens is 1. The SMILES string of the molecule is CCCNC(=O)NC(=O)c1cc2cc(N3CCN(CCCCc4c[nH]c5ccc(C#N)cc45)CC3)ccc2o1. The van der Waals surface area contributed by atoms with Crippen molar-refractivity contribution in [2.45, 2.75) is 32.6 Å². The van der Waals surface area contributed by atoms with Crippen LogP contribution in [0.4, 0.5) is 10.5 Å². The summed E-state index contributed by atoms with van der Waals surface area (Å²) < 4.78 is 5.68. The summed E-state index contributed by atoms with van der Waals surface area (Å²) >= 11 is 0. The first-order valence-corrected chi connectivity index (χ1v) is 13.6. The molecule has 202 valence electrons. The van der Waals surface area contributed by atoms with Crippen molar-refractivity contribution in [3.63, 3.8) is 0 Å². The average Bonchev–Trinajstić information content (AvgIpc) is 3.58. The number of piperazine rings is 1. The topological polar surface area (TPSA) is 117 Å². The van der Waals surface area contributed by atoms with Crippen LogP contribution in [0, 0.1) is 11.3 Å². The quantitative estimate of drug-likeness (QED) is 0.270. The number of aryl methyl sites for hydroxylation is 1. The highest BCUT2D eigenvalue weighted by Gasteiger charge is 2.19. The predicted molar refractivity (Wildman–Crippen MR) is 152 cm³/mol. The van der Waals surface area contributed by atoms with E-state index in [1.807, 2.05) is 43.3 Å². The molecule has 1 saturated heterocycles. The second-order valence-electron chi connectivity index (χ2n) is 10.0. The molecule has 9 heteroatoms. The van der Waals surface area contributed by atoms with Gasteiger partial charge in [-0.25, -0.2) is 4.79 Å². The Balaban J connectivity index is 1.09. The average molecular weight is 527 g/mol. The monoisotopic (exact) mass is 526 g/mol. The van der Waals surface area contributed by atoms with E-state index in [2.05, 4.69) is 37.7 Å². The van der Waals surface area contributed by atoms with E-state index in [4.69, 9.17) is 4.42 Å². The van der Waals surface area contributed by atoms with Crippen LogP contribution in [0.15, 0.2) is 53.1 Å². The number of carbonyl (C=O) groups is 2. The number of hydrogen-bond acceptors (Lipinski definition) is 6. The second kappa shape index (κ2) is 12.0. The van der Waals surface area contributed by atoms with Crippen LogP contribution in [0.3, 0.4) is 0 Å². The summed E-state index contributed by atoms with van der Waals surface area (Å²) in [7, 11) is 0. The number of rotatable bonds is 9. The van der Waals surface area contributed by atoms with Gasteiger partial charge in [-0.3, -0.25) is 15.0 Å². The number of carbonyl (C=O) groups excluding carboxylic acids is 2. The van der Waals surface area contributed by atoms with Gasteiger partial charge in [0.15, 0.2) is 5.76 Å². The van der Waals surface area contributed by atoms with Crippen LogP contribution in [0.25, 0.3) is 21.9 Å². The third-order valence-electron chi connectivity index (χ3n) is 7.29. The fourth-order valence-corrected chi connectivity index (χ4v) is 5.12. The molecule has 1 fully saturated rings. The van der Waals surface area contributed by atoms with Gasteiger partial charge in [-0.15, -0.1) is 0 Å². The number of imide groups is 1. The Bertz CT molecular complexity index is 1510. The normalized spacial score (nSPS) is 14.0. The van der Waals surface area contributed by atoms with Crippen molar-refractivity contribution >= 4 is 39.5 Å². The highest BCUT2D eigenvalue weighted by Crippen LogP contribution is 2.26. The Morgan fingerprint density at radius 3 is 2.72 bits per heavy atom. The number of hydrogen-bond donors (Lipinski definition) is 3. The summed E-state index contributed by atoms with van der Waals surface area (Å²) in [5, 5.41) is 16.1. The maximum absolute atomic E-state index is 12.4. The van der Waals surface area contributed by atoms with Gasteiger partial charge in [0.25, 0.3) is 5.91 Å². The number of unbranched alkanes of at least 4 members (excludes halogenated alkanes) is 1. The summed E-state index contributed by atoms with van der Waals surface area (Å²) in [6, 6.07) is 15.2. The summed E-state index contributed by atoms with van der Waals surface area (Å²) in [5.74, 6) is -0.427. The van der Waals surface area contributed by atoms with Crippen molar-refractivity contribution in [1.29, 1.82) is 5.26 Å². The van der Waals surface area contributed by atoms with E-state index in [0.29, 0.717) is 17.7 Å². The van der Waals surface area contributed by atoms with Crippen molar-refractivity contribution in [2.75, 3.05) is 44.2 Å². The number of nitrogens with zero attached hydrogens (tertiary/aromatic N) is 3. The van der Waals surface area contributed by atoms with Crippen LogP contribution in [-0.2, 0) is 6.42 Å². The molecule has 0 aliphatic carbocycles. The van der Waals surface area contributed by atoms with Crippen molar-refractivity contribution in [2.24, 2.45) is 0 Å². The standard InChI is InChI=1S/C30H34N6O3/c1-2-10-32-30(38)34-29(37)28-18-23-17-24(7-9-27(23)39-28)36-14-12-35(13-15-36)11-4-3-5-22-20-33-26-8-6-21(19-31)16-25(22)26/h6-9,16-18,20,33H,2-5,10-15H2,1H3,(H2,32,34,37,38). The van der Waals surface area contributed by atoms with Gasteiger partial charge < -0.3 is 19.6 Å². The van der Waals surface area contributed by atoms with Gasteiger partial charge in [0.1, 0.15) is 5.58 Å². The van der Waals surface area contributed by atoms with Gasteiger partial charge in [0.2, 0.25) is 0 Å². The van der Waals surface area contributed by atoms with Crippen LogP contribution < -0.4 is 15.5 Å². The molecule has 1 aliphatic heterocycles. The van der Waals surface area contributed by atoms with Crippen molar-refractivity contribution in [3.8, 4) is 6.07 Å². The number of amides is 3. The first-order valence-electron chi connectivity index (χ1n) is 13.6. The molecule has 5 rings (SSSR count). The maximum Gasteiger partial charge on any atom is 0.321 e. The fourth-order valence-electron chi connectivity index (χ4n) is 5.12. The predicted octanol–water partition coefficient (Wildman–Crippen LogP) is 4.78. The molecule has 9 nitrogen and oxygen atoms in total. The molecule has 0 unspecified atom stereocenters. The van der Waals surface area contributed by atoms with Gasteiger partial charge >= 0.3 is 6.03 Å². The lowest BCUT2D eigenvalue weighted by Crippen LogP contribution is -2.46. The van der Waals surface area contributed by atoms with Crippen LogP contribution in [0.2, 0.25) is 0 Å². The highest BCUT2D eigenvalue weighted by molar-refractivity contribution is 6.04. The minimum Gasteiger partial charge on any atom is -0.451 e. The summed E-state index contributed by atoms with van der Waals surface area (Å²) in [6.07, 6.45) is 6.11. The van der Waals surface area contributed by atoms with Crippen LogP contribution in [-0.4, -0.2) is 61.1 Å². The molecule has 0 radical (unpaired) electrons. The van der Waals surface area contributed by atoms with E-state index < -0.39 is 11.9 Å². The zero-order valence-corrected chi connectivity index (χ0v) is 22.3. The van der Waals surface area contributed by atoms with E-state index in [9.17, 15) is 14.9 Å². The van der Waals surface area contributed by atoms with Crippen LogP contribution >= 0.6 is 0 Å². The molecule has 2 aromatic carbocycles. The zero-order chi connectivity index (χ0) is 27.2. The van der Waals surface area contributed by atoms with Crippen molar-refractivity contribution in [3.05, 3.63) is 65.5 Å².